The average molecular weight is 483 g/mol. The minimum absolute atomic E-state index is 0.316. The van der Waals surface area contributed by atoms with Crippen LogP contribution in [-0.4, -0.2) is 34.3 Å². The van der Waals surface area contributed by atoms with Crippen molar-refractivity contribution in [2.75, 3.05) is 12.4 Å². The number of rotatable bonds is 7. The fraction of sp³-hybridized carbons (Fsp3) is 0.125. The Hall–Kier alpha value is -4.54. The molecule has 0 bridgehead atoms. The summed E-state index contributed by atoms with van der Waals surface area (Å²) in [6, 6.07) is 19.3. The number of nitrogens with one attached hydrogen (secondary N) is 2. The predicted octanol–water partition coefficient (Wildman–Crippen LogP) is 5.16. The zero-order valence-corrected chi connectivity index (χ0v) is 18.4. The number of anilines is 1. The first-order chi connectivity index (χ1) is 16.8. The highest BCUT2D eigenvalue weighted by atomic mass is 19.4. The van der Waals surface area contributed by atoms with E-state index in [0.717, 1.165) is 11.1 Å². The third kappa shape index (κ3) is 6.50. The minimum Gasteiger partial charge on any atom is -0.497 e. The van der Waals surface area contributed by atoms with Crippen molar-refractivity contribution in [2.24, 2.45) is 0 Å². The number of hydrogen-bond donors (Lipinski definition) is 2. The molecule has 0 aliphatic rings. The Labute approximate surface area is 198 Å². The molecule has 35 heavy (non-hydrogen) atoms. The molecule has 180 valence electrons. The molecule has 0 saturated carbocycles. The first-order valence-electron chi connectivity index (χ1n) is 10.4. The summed E-state index contributed by atoms with van der Waals surface area (Å²) in [6.45, 7) is 0.316. The maximum Gasteiger partial charge on any atom is 0.573 e. The number of carbonyl (C=O) groups is 1. The number of hydrogen-bond acceptors (Lipinski definition) is 5. The van der Waals surface area contributed by atoms with Gasteiger partial charge in [0, 0.05) is 17.8 Å². The lowest BCUT2D eigenvalue weighted by atomic mass is 10.1. The third-order valence-corrected chi connectivity index (χ3v) is 4.84. The largest absolute Gasteiger partial charge is 0.573 e. The maximum atomic E-state index is 12.3. The Kier molecular flexibility index (Phi) is 6.86. The summed E-state index contributed by atoms with van der Waals surface area (Å²) < 4.78 is 47.3. The van der Waals surface area contributed by atoms with Crippen LogP contribution in [0.4, 0.5) is 23.7 Å². The molecule has 0 aliphatic carbocycles. The molecule has 1 heterocycles. The summed E-state index contributed by atoms with van der Waals surface area (Å²) in [4.78, 5) is 16.4. The molecular weight excluding hydrogens is 463 g/mol. The maximum absolute atomic E-state index is 12.3. The highest BCUT2D eigenvalue weighted by molar-refractivity contribution is 5.89. The molecule has 0 atom stereocenters. The van der Waals surface area contributed by atoms with Gasteiger partial charge in [0.25, 0.3) is 0 Å². The lowest BCUT2D eigenvalue weighted by Gasteiger charge is -2.09. The minimum atomic E-state index is -4.75. The van der Waals surface area contributed by atoms with E-state index in [2.05, 4.69) is 25.5 Å². The van der Waals surface area contributed by atoms with Crippen LogP contribution in [0.3, 0.4) is 0 Å². The van der Waals surface area contributed by atoms with Gasteiger partial charge in [-0.1, -0.05) is 24.3 Å². The predicted molar refractivity (Wildman–Crippen MR) is 122 cm³/mol. The van der Waals surface area contributed by atoms with Crippen LogP contribution in [0.2, 0.25) is 0 Å². The summed E-state index contributed by atoms with van der Waals surface area (Å²) in [5.41, 5.74) is 2.79. The van der Waals surface area contributed by atoms with Gasteiger partial charge in [0.05, 0.1) is 12.8 Å². The molecule has 3 aromatic carbocycles. The van der Waals surface area contributed by atoms with E-state index in [1.165, 1.54) is 35.3 Å². The average Bonchev–Trinajstić information content (AvgIpc) is 3.33. The van der Waals surface area contributed by atoms with Crippen molar-refractivity contribution in [3.8, 4) is 28.6 Å². The Morgan fingerprint density at radius 1 is 0.943 bits per heavy atom. The van der Waals surface area contributed by atoms with E-state index >= 15 is 0 Å². The molecule has 0 spiro atoms. The Morgan fingerprint density at radius 3 is 2.23 bits per heavy atom. The molecule has 4 aromatic rings. The standard InChI is InChI=1S/C24H20F3N5O3/c1-34-20-10-6-18(7-11-20)30-23(33)28-14-16-2-4-17(5-3-16)22-29-15-32(31-22)19-8-12-21(13-9-19)35-24(25,26)27/h2-13,15H,14H2,1H3,(H2,28,30,33). The van der Waals surface area contributed by atoms with E-state index in [0.29, 0.717) is 29.5 Å². The van der Waals surface area contributed by atoms with Gasteiger partial charge < -0.3 is 20.1 Å². The van der Waals surface area contributed by atoms with Gasteiger partial charge in [-0.05, 0) is 54.1 Å². The number of ether oxygens (including phenoxy) is 2. The van der Waals surface area contributed by atoms with Crippen molar-refractivity contribution in [3.63, 3.8) is 0 Å². The lowest BCUT2D eigenvalue weighted by Crippen LogP contribution is -2.28. The van der Waals surface area contributed by atoms with Crippen LogP contribution in [0, 0.1) is 0 Å². The van der Waals surface area contributed by atoms with Crippen LogP contribution in [0.1, 0.15) is 5.56 Å². The van der Waals surface area contributed by atoms with Crippen LogP contribution in [0.15, 0.2) is 79.1 Å². The number of halogens is 3. The van der Waals surface area contributed by atoms with E-state index in [1.807, 2.05) is 24.3 Å². The van der Waals surface area contributed by atoms with E-state index < -0.39 is 6.36 Å². The molecule has 0 unspecified atom stereocenters. The van der Waals surface area contributed by atoms with Crippen molar-refractivity contribution < 1.29 is 27.4 Å². The molecule has 2 amide bonds. The van der Waals surface area contributed by atoms with Crippen molar-refractivity contribution in [2.45, 2.75) is 12.9 Å². The second kappa shape index (κ2) is 10.2. The molecule has 0 fully saturated rings. The van der Waals surface area contributed by atoms with Gasteiger partial charge in [0.1, 0.15) is 17.8 Å². The first kappa shape index (κ1) is 23.6. The van der Waals surface area contributed by atoms with Crippen LogP contribution in [0.25, 0.3) is 17.1 Å². The first-order valence-corrected chi connectivity index (χ1v) is 10.4. The Balaban J connectivity index is 1.33. The summed E-state index contributed by atoms with van der Waals surface area (Å²) in [5.74, 6) is 0.824. The van der Waals surface area contributed by atoms with E-state index in [9.17, 15) is 18.0 Å². The van der Waals surface area contributed by atoms with Crippen LogP contribution in [-0.2, 0) is 6.54 Å². The topological polar surface area (TPSA) is 90.3 Å². The monoisotopic (exact) mass is 483 g/mol. The van der Waals surface area contributed by atoms with Gasteiger partial charge in [-0.3, -0.25) is 0 Å². The summed E-state index contributed by atoms with van der Waals surface area (Å²) in [6.07, 6.45) is -3.28. The highest BCUT2D eigenvalue weighted by Crippen LogP contribution is 2.24. The molecule has 8 nitrogen and oxygen atoms in total. The van der Waals surface area contributed by atoms with Gasteiger partial charge >= 0.3 is 12.4 Å². The second-order valence-corrected chi connectivity index (χ2v) is 7.29. The number of urea groups is 1. The SMILES string of the molecule is COc1ccc(NC(=O)NCc2ccc(-c3ncn(-c4ccc(OC(F)(F)F)cc4)n3)cc2)cc1. The van der Waals surface area contributed by atoms with E-state index in [-0.39, 0.29) is 11.8 Å². The number of alkyl halides is 3. The number of nitrogens with zero attached hydrogens (tertiary/aromatic N) is 3. The molecule has 1 aromatic heterocycles. The number of methoxy groups -OCH3 is 1. The van der Waals surface area contributed by atoms with Crippen LogP contribution < -0.4 is 20.1 Å². The molecule has 11 heteroatoms. The normalized spacial score (nSPS) is 11.1. The summed E-state index contributed by atoms with van der Waals surface area (Å²) in [5, 5.41) is 9.90. The van der Waals surface area contributed by atoms with Crippen molar-refractivity contribution in [1.29, 1.82) is 0 Å². The number of amides is 2. The van der Waals surface area contributed by atoms with Gasteiger partial charge in [-0.2, -0.15) is 0 Å². The lowest BCUT2D eigenvalue weighted by molar-refractivity contribution is -0.274. The molecule has 0 radical (unpaired) electrons. The van der Waals surface area contributed by atoms with Crippen molar-refractivity contribution >= 4 is 11.7 Å². The zero-order valence-electron chi connectivity index (χ0n) is 18.4. The number of benzene rings is 3. The molecular formula is C24H20F3N5O3. The Bertz CT molecular complexity index is 1270. The number of carbonyl (C=O) groups excluding carboxylic acids is 1. The molecule has 0 aliphatic heterocycles. The highest BCUT2D eigenvalue weighted by Gasteiger charge is 2.31. The van der Waals surface area contributed by atoms with E-state index in [1.54, 1.807) is 31.4 Å². The fourth-order valence-electron chi connectivity index (χ4n) is 3.12. The summed E-state index contributed by atoms with van der Waals surface area (Å²) in [7, 11) is 1.57. The van der Waals surface area contributed by atoms with Gasteiger partial charge in [0.2, 0.25) is 0 Å². The summed E-state index contributed by atoms with van der Waals surface area (Å²) >= 11 is 0. The molecule has 4 rings (SSSR count). The van der Waals surface area contributed by atoms with Gasteiger partial charge in [-0.25, -0.2) is 14.5 Å². The Morgan fingerprint density at radius 2 is 1.60 bits per heavy atom. The number of aromatic nitrogens is 3. The van der Waals surface area contributed by atoms with Gasteiger partial charge in [-0.15, -0.1) is 18.3 Å². The quantitative estimate of drug-likeness (QED) is 0.379. The van der Waals surface area contributed by atoms with E-state index in [4.69, 9.17) is 4.74 Å². The van der Waals surface area contributed by atoms with Crippen LogP contribution in [0.5, 0.6) is 11.5 Å². The second-order valence-electron chi connectivity index (χ2n) is 7.29. The smallest absolute Gasteiger partial charge is 0.497 e. The fourth-order valence-corrected chi connectivity index (χ4v) is 3.12. The van der Waals surface area contributed by atoms with Crippen molar-refractivity contribution in [3.05, 3.63) is 84.7 Å². The molecule has 2 N–H and O–H groups in total. The molecule has 0 saturated heterocycles. The van der Waals surface area contributed by atoms with Crippen molar-refractivity contribution in [1.82, 2.24) is 20.1 Å². The zero-order chi connectivity index (χ0) is 24.8. The third-order valence-electron chi connectivity index (χ3n) is 4.84. The van der Waals surface area contributed by atoms with Crippen LogP contribution >= 0.6 is 0 Å². The van der Waals surface area contributed by atoms with Gasteiger partial charge in [0.15, 0.2) is 5.82 Å².